The van der Waals surface area contributed by atoms with Crippen LogP contribution in [0.2, 0.25) is 0 Å². The van der Waals surface area contributed by atoms with Crippen molar-refractivity contribution in [2.75, 3.05) is 6.61 Å². The van der Waals surface area contributed by atoms with E-state index >= 15 is 0 Å². The number of halogens is 2. The van der Waals surface area contributed by atoms with Crippen molar-refractivity contribution in [2.24, 2.45) is 0 Å². The van der Waals surface area contributed by atoms with E-state index in [-0.39, 0.29) is 13.0 Å². The molecule has 0 unspecified atom stereocenters. The zero-order valence-electron chi connectivity index (χ0n) is 23.3. The molecule has 2 aromatic carbocycles. The third-order valence-electron chi connectivity index (χ3n) is 6.64. The number of carbonyl (C=O) groups excluding carboxylic acids is 1. The maximum Gasteiger partial charge on any atom is 0.348 e. The molecule has 0 aliphatic rings. The number of unbranched alkanes of at least 4 members (excludes halogenated alkanes) is 5. The number of benzene rings is 2. The van der Waals surface area contributed by atoms with Crippen molar-refractivity contribution in [1.29, 1.82) is 0 Å². The first-order chi connectivity index (χ1) is 18.8. The second kappa shape index (κ2) is 15.3. The third kappa shape index (κ3) is 9.72. The minimum atomic E-state index is -2.01. The van der Waals surface area contributed by atoms with Gasteiger partial charge in [0, 0.05) is 23.5 Å². The first-order valence-electron chi connectivity index (χ1n) is 14.0. The lowest BCUT2D eigenvalue weighted by atomic mass is 9.99. The second-order valence-corrected chi connectivity index (χ2v) is 10.1. The predicted molar refractivity (Wildman–Crippen MR) is 151 cm³/mol. The summed E-state index contributed by atoms with van der Waals surface area (Å²) < 4.78 is 39.5. The van der Waals surface area contributed by atoms with Crippen LogP contribution in [-0.2, 0) is 4.79 Å². The standard InChI is InChI=1S/C32H40F2N2O3/c1-4-6-8-9-10-20-32(3,34)31(37)39-29-18-12-24(13-19-29)26-21-35-30(36-22-26)25-14-16-28(17-15-25)38-23-27(33)11-7-5-2/h12-19,21-22,27H,4-11,20,23H2,1-3H3/t27-,32+/m1/s1. The van der Waals surface area contributed by atoms with Gasteiger partial charge in [0.05, 0.1) is 0 Å². The van der Waals surface area contributed by atoms with Gasteiger partial charge in [-0.2, -0.15) is 0 Å². The van der Waals surface area contributed by atoms with E-state index in [0.717, 1.165) is 55.2 Å². The van der Waals surface area contributed by atoms with Crippen LogP contribution < -0.4 is 9.47 Å². The number of rotatable bonds is 16. The van der Waals surface area contributed by atoms with E-state index in [1.54, 1.807) is 48.8 Å². The van der Waals surface area contributed by atoms with Gasteiger partial charge >= 0.3 is 5.97 Å². The van der Waals surface area contributed by atoms with E-state index in [0.29, 0.717) is 30.2 Å². The van der Waals surface area contributed by atoms with Crippen molar-refractivity contribution >= 4 is 5.97 Å². The van der Waals surface area contributed by atoms with E-state index in [4.69, 9.17) is 9.47 Å². The first-order valence-corrected chi connectivity index (χ1v) is 14.0. The molecule has 7 heteroatoms. The molecule has 210 valence electrons. The quantitative estimate of drug-likeness (QED) is 0.104. The fraction of sp³-hybridized carbons (Fsp3) is 0.469. The monoisotopic (exact) mass is 538 g/mol. The zero-order chi connectivity index (χ0) is 28.1. The molecule has 0 N–H and O–H groups in total. The minimum Gasteiger partial charge on any atom is -0.491 e. The summed E-state index contributed by atoms with van der Waals surface area (Å²) in [5.41, 5.74) is 0.440. The molecule has 1 heterocycles. The molecule has 5 nitrogen and oxygen atoms in total. The highest BCUT2D eigenvalue weighted by Gasteiger charge is 2.34. The van der Waals surface area contributed by atoms with Crippen LogP contribution >= 0.6 is 0 Å². The molecule has 3 rings (SSSR count). The van der Waals surface area contributed by atoms with Crippen LogP contribution in [-0.4, -0.2) is 34.4 Å². The highest BCUT2D eigenvalue weighted by molar-refractivity contribution is 5.81. The van der Waals surface area contributed by atoms with E-state index in [1.165, 1.54) is 6.92 Å². The van der Waals surface area contributed by atoms with Crippen molar-refractivity contribution in [1.82, 2.24) is 9.97 Å². The zero-order valence-corrected chi connectivity index (χ0v) is 23.3. The Bertz CT molecular complexity index is 1130. The highest BCUT2D eigenvalue weighted by atomic mass is 19.1. The van der Waals surface area contributed by atoms with Crippen molar-refractivity contribution in [3.05, 3.63) is 60.9 Å². The fourth-order valence-electron chi connectivity index (χ4n) is 4.11. The Hall–Kier alpha value is -3.35. The van der Waals surface area contributed by atoms with Crippen LogP contribution in [0.25, 0.3) is 22.5 Å². The molecule has 2 atom stereocenters. The smallest absolute Gasteiger partial charge is 0.348 e. The summed E-state index contributed by atoms with van der Waals surface area (Å²) in [6.45, 7) is 5.50. The number of hydrogen-bond acceptors (Lipinski definition) is 5. The summed E-state index contributed by atoms with van der Waals surface area (Å²) in [4.78, 5) is 21.3. The number of nitrogens with zero attached hydrogens (tertiary/aromatic N) is 2. The molecule has 0 saturated heterocycles. The molecular weight excluding hydrogens is 498 g/mol. The molecule has 0 amide bonds. The van der Waals surface area contributed by atoms with Crippen LogP contribution in [0.4, 0.5) is 8.78 Å². The average Bonchev–Trinajstić information content (AvgIpc) is 2.95. The van der Waals surface area contributed by atoms with Crippen LogP contribution in [0, 0.1) is 0 Å². The molecule has 0 aliphatic carbocycles. The number of hydrogen-bond donors (Lipinski definition) is 0. The first kappa shape index (κ1) is 30.2. The summed E-state index contributed by atoms with van der Waals surface area (Å²) >= 11 is 0. The number of aromatic nitrogens is 2. The normalized spacial score (nSPS) is 13.5. The molecule has 39 heavy (non-hydrogen) atoms. The Kier molecular flexibility index (Phi) is 11.8. The van der Waals surface area contributed by atoms with E-state index < -0.39 is 17.8 Å². The lowest BCUT2D eigenvalue weighted by molar-refractivity contribution is -0.147. The van der Waals surface area contributed by atoms with Gasteiger partial charge in [0.2, 0.25) is 5.67 Å². The summed E-state index contributed by atoms with van der Waals surface area (Å²) in [5.74, 6) is 0.591. The Labute approximate surface area is 231 Å². The topological polar surface area (TPSA) is 61.3 Å². The van der Waals surface area contributed by atoms with Crippen molar-refractivity contribution in [3.63, 3.8) is 0 Å². The molecule has 0 radical (unpaired) electrons. The fourth-order valence-corrected chi connectivity index (χ4v) is 4.11. The van der Waals surface area contributed by atoms with E-state index in [1.807, 2.05) is 19.1 Å². The van der Waals surface area contributed by atoms with Gasteiger partial charge in [-0.1, -0.05) is 64.5 Å². The molecule has 1 aromatic heterocycles. The van der Waals surface area contributed by atoms with Crippen molar-refractivity contribution in [3.8, 4) is 34.0 Å². The molecule has 0 spiro atoms. The van der Waals surface area contributed by atoms with Gasteiger partial charge in [-0.05, 0) is 68.1 Å². The molecule has 0 fully saturated rings. The Morgan fingerprint density at radius 1 is 0.821 bits per heavy atom. The van der Waals surface area contributed by atoms with Crippen LogP contribution in [0.1, 0.15) is 78.6 Å². The SMILES string of the molecule is CCCCCCC[C@](C)(F)C(=O)Oc1ccc(-c2cnc(-c3ccc(OC[C@H](F)CCCC)cc3)nc2)cc1. The Morgan fingerprint density at radius 2 is 1.41 bits per heavy atom. The number of carbonyl (C=O) groups is 1. The summed E-state index contributed by atoms with van der Waals surface area (Å²) in [5, 5.41) is 0. The minimum absolute atomic E-state index is 0.0504. The van der Waals surface area contributed by atoms with Gasteiger partial charge in [-0.3, -0.25) is 0 Å². The molecular formula is C32H40F2N2O3. The summed E-state index contributed by atoms with van der Waals surface area (Å²) in [7, 11) is 0. The van der Waals surface area contributed by atoms with Crippen LogP contribution in [0.5, 0.6) is 11.5 Å². The predicted octanol–water partition coefficient (Wildman–Crippen LogP) is 8.71. The second-order valence-electron chi connectivity index (χ2n) is 10.1. The Balaban J connectivity index is 1.53. The maximum absolute atomic E-state index is 14.8. The van der Waals surface area contributed by atoms with Gasteiger partial charge in [-0.25, -0.2) is 23.5 Å². The van der Waals surface area contributed by atoms with Crippen LogP contribution in [0.15, 0.2) is 60.9 Å². The van der Waals surface area contributed by atoms with Gasteiger partial charge in [-0.15, -0.1) is 0 Å². The van der Waals surface area contributed by atoms with E-state index in [9.17, 15) is 13.6 Å². The van der Waals surface area contributed by atoms with Crippen molar-refractivity contribution in [2.45, 2.75) is 90.4 Å². The largest absolute Gasteiger partial charge is 0.491 e. The van der Waals surface area contributed by atoms with Crippen molar-refractivity contribution < 1.29 is 23.0 Å². The van der Waals surface area contributed by atoms with Crippen LogP contribution in [0.3, 0.4) is 0 Å². The number of esters is 1. The van der Waals surface area contributed by atoms with Gasteiger partial charge < -0.3 is 9.47 Å². The molecule has 0 bridgehead atoms. The van der Waals surface area contributed by atoms with Gasteiger partial charge in [0.1, 0.15) is 24.3 Å². The molecule has 3 aromatic rings. The maximum atomic E-state index is 14.8. The highest BCUT2D eigenvalue weighted by Crippen LogP contribution is 2.27. The van der Waals surface area contributed by atoms with Gasteiger partial charge in [0.25, 0.3) is 0 Å². The summed E-state index contributed by atoms with van der Waals surface area (Å²) in [6, 6.07) is 14.1. The molecule has 0 aliphatic heterocycles. The number of ether oxygens (including phenoxy) is 2. The van der Waals surface area contributed by atoms with E-state index in [2.05, 4.69) is 16.9 Å². The third-order valence-corrected chi connectivity index (χ3v) is 6.64. The van der Waals surface area contributed by atoms with Gasteiger partial charge in [0.15, 0.2) is 5.82 Å². The lowest BCUT2D eigenvalue weighted by Gasteiger charge is -2.18. The average molecular weight is 539 g/mol. The molecule has 0 saturated carbocycles. The summed E-state index contributed by atoms with van der Waals surface area (Å²) in [6.07, 6.45) is 9.82. The number of alkyl halides is 2. The lowest BCUT2D eigenvalue weighted by Crippen LogP contribution is -2.34. The Morgan fingerprint density at radius 3 is 2.05 bits per heavy atom.